The summed E-state index contributed by atoms with van der Waals surface area (Å²) in [5.74, 6) is 1.06. The molecule has 1 unspecified atom stereocenters. The van der Waals surface area contributed by atoms with Crippen LogP contribution in [-0.2, 0) is 29.1 Å². The molecule has 1 atom stereocenters. The fourth-order valence-electron chi connectivity index (χ4n) is 3.17. The number of nitrogens with zero attached hydrogens (tertiary/aromatic N) is 3. The fraction of sp³-hybridized carbons (Fsp3) is 0.421. The monoisotopic (exact) mass is 340 g/mol. The van der Waals surface area contributed by atoms with E-state index in [1.54, 1.807) is 18.0 Å². The first-order valence-corrected chi connectivity index (χ1v) is 8.70. The van der Waals surface area contributed by atoms with Crippen LogP contribution in [0.15, 0.2) is 42.7 Å². The van der Waals surface area contributed by atoms with Crippen molar-refractivity contribution in [3.63, 3.8) is 0 Å². The van der Waals surface area contributed by atoms with E-state index < -0.39 is 0 Å². The van der Waals surface area contributed by atoms with Crippen LogP contribution in [0.2, 0.25) is 0 Å². The van der Waals surface area contributed by atoms with E-state index in [2.05, 4.69) is 14.9 Å². The zero-order valence-corrected chi connectivity index (χ0v) is 14.5. The van der Waals surface area contributed by atoms with Gasteiger partial charge in [0.25, 0.3) is 0 Å². The van der Waals surface area contributed by atoms with Crippen molar-refractivity contribution in [2.45, 2.75) is 45.3 Å². The summed E-state index contributed by atoms with van der Waals surface area (Å²) in [5, 5.41) is 3.08. The summed E-state index contributed by atoms with van der Waals surface area (Å²) in [6, 6.07) is 9.96. The van der Waals surface area contributed by atoms with Gasteiger partial charge < -0.3 is 14.8 Å². The minimum absolute atomic E-state index is 0.00660. The third-order valence-corrected chi connectivity index (χ3v) is 4.57. The number of amides is 2. The highest BCUT2D eigenvalue weighted by molar-refractivity contribution is 5.78. The van der Waals surface area contributed by atoms with Gasteiger partial charge in [-0.3, -0.25) is 9.59 Å². The molecule has 3 rings (SSSR count). The molecule has 2 amide bonds. The van der Waals surface area contributed by atoms with E-state index in [-0.39, 0.29) is 17.9 Å². The van der Waals surface area contributed by atoms with Crippen molar-refractivity contribution in [1.82, 2.24) is 19.8 Å². The highest BCUT2D eigenvalue weighted by atomic mass is 16.2. The molecule has 2 aromatic rings. The quantitative estimate of drug-likeness (QED) is 0.871. The van der Waals surface area contributed by atoms with Crippen LogP contribution in [0.25, 0.3) is 0 Å². The number of aromatic nitrogens is 2. The van der Waals surface area contributed by atoms with Crippen LogP contribution < -0.4 is 5.32 Å². The number of hydrogen-bond donors (Lipinski definition) is 1. The molecular weight excluding hydrogens is 316 g/mol. The summed E-state index contributed by atoms with van der Waals surface area (Å²) in [5.41, 5.74) is 1.07. The molecule has 0 saturated carbocycles. The number of rotatable bonds is 6. The average molecular weight is 340 g/mol. The van der Waals surface area contributed by atoms with Gasteiger partial charge in [-0.2, -0.15) is 0 Å². The van der Waals surface area contributed by atoms with Crippen LogP contribution in [-0.4, -0.2) is 38.9 Å². The summed E-state index contributed by atoms with van der Waals surface area (Å²) >= 11 is 0. The van der Waals surface area contributed by atoms with Gasteiger partial charge in [-0.25, -0.2) is 4.98 Å². The van der Waals surface area contributed by atoms with E-state index in [1.807, 2.05) is 36.5 Å². The Morgan fingerprint density at radius 3 is 2.88 bits per heavy atom. The van der Waals surface area contributed by atoms with Crippen molar-refractivity contribution in [3.8, 4) is 0 Å². The van der Waals surface area contributed by atoms with Crippen LogP contribution in [0.3, 0.4) is 0 Å². The molecule has 1 aromatic carbocycles. The molecule has 1 aliphatic rings. The molecule has 0 saturated heterocycles. The Hall–Kier alpha value is -2.63. The van der Waals surface area contributed by atoms with E-state index in [9.17, 15) is 9.59 Å². The number of aryl methyl sites for hydroxylation is 1. The Morgan fingerprint density at radius 2 is 2.12 bits per heavy atom. The Morgan fingerprint density at radius 1 is 1.32 bits per heavy atom. The number of carbonyl (C=O) groups excluding carboxylic acids is 2. The Bertz CT molecular complexity index is 726. The standard InChI is InChI=1S/C19H24N4O2/c1-15(24)22(13-16-5-3-2-4-6-16)11-9-19(25)21-17-7-8-18-20-10-12-23(18)14-17/h2-6,10,12,17H,7-9,11,13-14H2,1H3,(H,21,25). The highest BCUT2D eigenvalue weighted by Gasteiger charge is 2.20. The first kappa shape index (κ1) is 17.2. The summed E-state index contributed by atoms with van der Waals surface area (Å²) in [4.78, 5) is 30.1. The van der Waals surface area contributed by atoms with Crippen LogP contribution >= 0.6 is 0 Å². The zero-order valence-electron chi connectivity index (χ0n) is 14.5. The number of fused-ring (bicyclic) bond motifs is 1. The van der Waals surface area contributed by atoms with Gasteiger partial charge in [0.15, 0.2) is 0 Å². The molecule has 2 heterocycles. The van der Waals surface area contributed by atoms with Crippen LogP contribution in [0.4, 0.5) is 0 Å². The van der Waals surface area contributed by atoms with Crippen molar-refractivity contribution >= 4 is 11.8 Å². The van der Waals surface area contributed by atoms with E-state index >= 15 is 0 Å². The minimum Gasteiger partial charge on any atom is -0.352 e. The van der Waals surface area contributed by atoms with Crippen molar-refractivity contribution in [2.75, 3.05) is 6.54 Å². The predicted octanol–water partition coefficient (Wildman–Crippen LogP) is 1.75. The van der Waals surface area contributed by atoms with E-state index in [0.29, 0.717) is 19.5 Å². The van der Waals surface area contributed by atoms with Gasteiger partial charge in [0.2, 0.25) is 11.8 Å². The first-order chi connectivity index (χ1) is 12.1. The number of imidazole rings is 1. The molecule has 0 fully saturated rings. The topological polar surface area (TPSA) is 67.2 Å². The number of benzene rings is 1. The number of hydrogen-bond acceptors (Lipinski definition) is 3. The van der Waals surface area contributed by atoms with Gasteiger partial charge in [-0.1, -0.05) is 30.3 Å². The lowest BCUT2D eigenvalue weighted by Gasteiger charge is -2.26. The lowest BCUT2D eigenvalue weighted by Crippen LogP contribution is -2.42. The predicted molar refractivity (Wildman–Crippen MR) is 94.6 cm³/mol. The first-order valence-electron chi connectivity index (χ1n) is 8.70. The molecular formula is C19H24N4O2. The largest absolute Gasteiger partial charge is 0.352 e. The maximum absolute atomic E-state index is 12.3. The SMILES string of the molecule is CC(=O)N(CCC(=O)NC1CCc2nccn2C1)Cc1ccccc1. The van der Waals surface area contributed by atoms with Gasteiger partial charge in [0, 0.05) is 57.8 Å². The average Bonchev–Trinajstić information content (AvgIpc) is 3.07. The molecule has 6 nitrogen and oxygen atoms in total. The molecule has 1 aromatic heterocycles. The van der Waals surface area contributed by atoms with Gasteiger partial charge in [0.05, 0.1) is 0 Å². The summed E-state index contributed by atoms with van der Waals surface area (Å²) in [7, 11) is 0. The van der Waals surface area contributed by atoms with Crippen LogP contribution in [0.5, 0.6) is 0 Å². The molecule has 25 heavy (non-hydrogen) atoms. The highest BCUT2D eigenvalue weighted by Crippen LogP contribution is 2.13. The van der Waals surface area contributed by atoms with Gasteiger partial charge in [-0.15, -0.1) is 0 Å². The van der Waals surface area contributed by atoms with Crippen molar-refractivity contribution in [2.24, 2.45) is 0 Å². The van der Waals surface area contributed by atoms with Gasteiger partial charge >= 0.3 is 0 Å². The third kappa shape index (κ3) is 4.68. The van der Waals surface area contributed by atoms with Gasteiger partial charge in [-0.05, 0) is 12.0 Å². The molecule has 0 spiro atoms. The fourth-order valence-corrected chi connectivity index (χ4v) is 3.17. The molecule has 6 heteroatoms. The van der Waals surface area contributed by atoms with Crippen LogP contribution in [0, 0.1) is 0 Å². The minimum atomic E-state index is -0.0163. The molecule has 1 N–H and O–H groups in total. The summed E-state index contributed by atoms with van der Waals surface area (Å²) < 4.78 is 2.09. The van der Waals surface area contributed by atoms with Crippen molar-refractivity contribution < 1.29 is 9.59 Å². The molecule has 0 aliphatic carbocycles. The van der Waals surface area contributed by atoms with Crippen LogP contribution in [0.1, 0.15) is 31.2 Å². The maximum Gasteiger partial charge on any atom is 0.222 e. The number of nitrogens with one attached hydrogen (secondary N) is 1. The molecule has 0 radical (unpaired) electrons. The normalized spacial score (nSPS) is 16.1. The smallest absolute Gasteiger partial charge is 0.222 e. The lowest BCUT2D eigenvalue weighted by atomic mass is 10.1. The summed E-state index contributed by atoms with van der Waals surface area (Å²) in [6.45, 7) is 3.27. The Labute approximate surface area is 147 Å². The third-order valence-electron chi connectivity index (χ3n) is 4.57. The Kier molecular flexibility index (Phi) is 5.48. The van der Waals surface area contributed by atoms with E-state index in [0.717, 1.165) is 30.8 Å². The summed E-state index contributed by atoms with van der Waals surface area (Å²) in [6.07, 6.45) is 5.85. The lowest BCUT2D eigenvalue weighted by molar-refractivity contribution is -0.130. The second kappa shape index (κ2) is 7.96. The van der Waals surface area contributed by atoms with E-state index in [4.69, 9.17) is 0 Å². The zero-order chi connectivity index (χ0) is 17.6. The number of carbonyl (C=O) groups is 2. The van der Waals surface area contributed by atoms with E-state index in [1.165, 1.54) is 0 Å². The molecule has 132 valence electrons. The van der Waals surface area contributed by atoms with Crippen molar-refractivity contribution in [1.29, 1.82) is 0 Å². The maximum atomic E-state index is 12.3. The second-order valence-corrected chi connectivity index (χ2v) is 6.48. The Balaban J connectivity index is 1.48. The second-order valence-electron chi connectivity index (χ2n) is 6.48. The molecule has 0 bridgehead atoms. The van der Waals surface area contributed by atoms with Crippen molar-refractivity contribution in [3.05, 3.63) is 54.1 Å². The van der Waals surface area contributed by atoms with Gasteiger partial charge in [0.1, 0.15) is 5.82 Å². The molecule has 1 aliphatic heterocycles.